The van der Waals surface area contributed by atoms with Gasteiger partial charge in [0, 0.05) is 10.9 Å². The first-order valence-corrected chi connectivity index (χ1v) is 8.60. The molecule has 21 heavy (non-hydrogen) atoms. The van der Waals surface area contributed by atoms with Crippen LogP contribution in [-0.2, 0) is 9.47 Å². The maximum absolute atomic E-state index is 6.15. The van der Waals surface area contributed by atoms with Gasteiger partial charge in [0.2, 0.25) is 0 Å². The predicted molar refractivity (Wildman–Crippen MR) is 87.2 cm³/mol. The molecule has 0 N–H and O–H groups in total. The fourth-order valence-electron chi connectivity index (χ4n) is 2.74. The van der Waals surface area contributed by atoms with Crippen LogP contribution in [0.2, 0.25) is 5.02 Å². The molecular formula is C17H19ClO2S. The largest absolute Gasteiger partial charge is 0.345 e. The van der Waals surface area contributed by atoms with Crippen LogP contribution in [0.4, 0.5) is 0 Å². The topological polar surface area (TPSA) is 18.5 Å². The number of hydrogen-bond acceptors (Lipinski definition) is 3. The Morgan fingerprint density at radius 2 is 2.05 bits per heavy atom. The van der Waals surface area contributed by atoms with Gasteiger partial charge in [-0.05, 0) is 41.1 Å². The van der Waals surface area contributed by atoms with Crippen LogP contribution >= 0.6 is 22.9 Å². The van der Waals surface area contributed by atoms with Gasteiger partial charge in [0.05, 0.1) is 18.1 Å². The van der Waals surface area contributed by atoms with Gasteiger partial charge >= 0.3 is 0 Å². The Kier molecular flexibility index (Phi) is 4.96. The second-order valence-electron chi connectivity index (χ2n) is 5.25. The standard InChI is InChI=1S/C17H19ClO2S/c1-2-4-15(12-5-3-6-14(18)9-12)13-10-16(21-11-13)17-19-7-8-20-17/h3,5-6,9-11,15,17H,2,4,7-8H2,1H3/t15-/m0/s1. The van der Waals surface area contributed by atoms with Crippen LogP contribution in [0, 0.1) is 0 Å². The molecule has 1 aromatic carbocycles. The van der Waals surface area contributed by atoms with Crippen molar-refractivity contribution < 1.29 is 9.47 Å². The number of ether oxygens (including phenoxy) is 2. The lowest BCUT2D eigenvalue weighted by Crippen LogP contribution is -2.00. The van der Waals surface area contributed by atoms with Crippen molar-refractivity contribution in [2.75, 3.05) is 13.2 Å². The van der Waals surface area contributed by atoms with E-state index in [1.807, 2.05) is 12.1 Å². The maximum Gasteiger partial charge on any atom is 0.193 e. The second kappa shape index (κ2) is 6.93. The highest BCUT2D eigenvalue weighted by Gasteiger charge is 2.22. The molecule has 3 rings (SSSR count). The molecule has 0 bridgehead atoms. The Balaban J connectivity index is 1.86. The molecule has 2 heterocycles. The van der Waals surface area contributed by atoms with E-state index in [2.05, 4.69) is 30.5 Å². The summed E-state index contributed by atoms with van der Waals surface area (Å²) in [5.74, 6) is 0.389. The monoisotopic (exact) mass is 322 g/mol. The Hall–Kier alpha value is -0.870. The average Bonchev–Trinajstić information content (AvgIpc) is 3.15. The smallest absolute Gasteiger partial charge is 0.193 e. The first-order valence-electron chi connectivity index (χ1n) is 7.35. The summed E-state index contributed by atoms with van der Waals surface area (Å²) >= 11 is 7.86. The molecule has 0 amide bonds. The Bertz CT molecular complexity index is 590. The van der Waals surface area contributed by atoms with Gasteiger partial charge in [-0.3, -0.25) is 0 Å². The predicted octanol–water partition coefficient (Wildman–Crippen LogP) is 5.38. The van der Waals surface area contributed by atoms with Crippen molar-refractivity contribution in [3.63, 3.8) is 0 Å². The van der Waals surface area contributed by atoms with Gasteiger partial charge in [0.15, 0.2) is 6.29 Å². The molecule has 0 radical (unpaired) electrons. The molecule has 2 aromatic rings. The summed E-state index contributed by atoms with van der Waals surface area (Å²) in [6.45, 7) is 3.59. The zero-order valence-corrected chi connectivity index (χ0v) is 13.6. The van der Waals surface area contributed by atoms with Crippen LogP contribution in [0.3, 0.4) is 0 Å². The molecule has 0 saturated carbocycles. The molecule has 4 heteroatoms. The van der Waals surface area contributed by atoms with Gasteiger partial charge < -0.3 is 9.47 Å². The third-order valence-corrected chi connectivity index (χ3v) is 4.93. The van der Waals surface area contributed by atoms with Crippen molar-refractivity contribution in [3.8, 4) is 0 Å². The first kappa shape index (κ1) is 15.0. The molecule has 1 aromatic heterocycles. The van der Waals surface area contributed by atoms with Crippen LogP contribution in [0.15, 0.2) is 35.7 Å². The molecule has 0 aliphatic carbocycles. The van der Waals surface area contributed by atoms with Crippen molar-refractivity contribution in [3.05, 3.63) is 56.7 Å². The van der Waals surface area contributed by atoms with Crippen molar-refractivity contribution >= 4 is 22.9 Å². The minimum atomic E-state index is -0.176. The Labute approximate surface area is 134 Å². The molecule has 0 spiro atoms. The highest BCUT2D eigenvalue weighted by atomic mass is 35.5. The summed E-state index contributed by atoms with van der Waals surface area (Å²) in [6, 6.07) is 10.4. The summed E-state index contributed by atoms with van der Waals surface area (Å²) in [4.78, 5) is 1.16. The van der Waals surface area contributed by atoms with Crippen LogP contribution in [0.1, 0.15) is 48.0 Å². The molecular weight excluding hydrogens is 304 g/mol. The molecule has 1 atom stereocenters. The third kappa shape index (κ3) is 3.49. The summed E-state index contributed by atoms with van der Waals surface area (Å²) in [7, 11) is 0. The molecule has 1 aliphatic rings. The quantitative estimate of drug-likeness (QED) is 0.736. The van der Waals surface area contributed by atoms with E-state index in [9.17, 15) is 0 Å². The van der Waals surface area contributed by atoms with E-state index in [0.29, 0.717) is 19.1 Å². The number of hydrogen-bond donors (Lipinski definition) is 0. The number of thiophene rings is 1. The zero-order chi connectivity index (χ0) is 14.7. The minimum Gasteiger partial charge on any atom is -0.345 e. The number of halogens is 1. The van der Waals surface area contributed by atoms with E-state index in [1.165, 1.54) is 11.1 Å². The van der Waals surface area contributed by atoms with Crippen LogP contribution in [0.25, 0.3) is 0 Å². The van der Waals surface area contributed by atoms with E-state index in [0.717, 1.165) is 22.7 Å². The van der Waals surface area contributed by atoms with Gasteiger partial charge in [0.1, 0.15) is 0 Å². The van der Waals surface area contributed by atoms with Crippen molar-refractivity contribution in [1.29, 1.82) is 0 Å². The normalized spacial score (nSPS) is 17.2. The van der Waals surface area contributed by atoms with Crippen molar-refractivity contribution in [1.82, 2.24) is 0 Å². The summed E-state index contributed by atoms with van der Waals surface area (Å²) in [5.41, 5.74) is 2.61. The van der Waals surface area contributed by atoms with Gasteiger partial charge in [0.25, 0.3) is 0 Å². The van der Waals surface area contributed by atoms with Gasteiger partial charge in [-0.25, -0.2) is 0 Å². The third-order valence-electron chi connectivity index (χ3n) is 3.72. The van der Waals surface area contributed by atoms with E-state index < -0.39 is 0 Å². The Morgan fingerprint density at radius 1 is 1.24 bits per heavy atom. The molecule has 2 nitrogen and oxygen atoms in total. The van der Waals surface area contributed by atoms with E-state index in [-0.39, 0.29) is 6.29 Å². The van der Waals surface area contributed by atoms with Crippen LogP contribution in [0.5, 0.6) is 0 Å². The summed E-state index contributed by atoms with van der Waals surface area (Å²) in [6.07, 6.45) is 2.08. The van der Waals surface area contributed by atoms with Crippen molar-refractivity contribution in [2.45, 2.75) is 32.0 Å². The summed E-state index contributed by atoms with van der Waals surface area (Å²) in [5, 5.41) is 3.02. The molecule has 1 aliphatic heterocycles. The fourth-order valence-corrected chi connectivity index (χ4v) is 3.89. The lowest BCUT2D eigenvalue weighted by molar-refractivity contribution is -0.0413. The maximum atomic E-state index is 6.15. The highest BCUT2D eigenvalue weighted by molar-refractivity contribution is 7.10. The van der Waals surface area contributed by atoms with E-state index in [4.69, 9.17) is 21.1 Å². The first-order chi connectivity index (χ1) is 10.3. The minimum absolute atomic E-state index is 0.176. The molecule has 112 valence electrons. The van der Waals surface area contributed by atoms with E-state index in [1.54, 1.807) is 11.3 Å². The van der Waals surface area contributed by atoms with Crippen molar-refractivity contribution in [2.24, 2.45) is 0 Å². The number of rotatable bonds is 5. The van der Waals surface area contributed by atoms with Crippen LogP contribution in [-0.4, -0.2) is 13.2 Å². The Morgan fingerprint density at radius 3 is 2.76 bits per heavy atom. The molecule has 0 unspecified atom stereocenters. The molecule has 1 fully saturated rings. The van der Waals surface area contributed by atoms with Crippen LogP contribution < -0.4 is 0 Å². The highest BCUT2D eigenvalue weighted by Crippen LogP contribution is 2.36. The molecule has 1 saturated heterocycles. The lowest BCUT2D eigenvalue weighted by Gasteiger charge is -2.16. The lowest BCUT2D eigenvalue weighted by atomic mass is 9.89. The zero-order valence-electron chi connectivity index (χ0n) is 12.0. The average molecular weight is 323 g/mol. The number of benzene rings is 1. The second-order valence-corrected chi connectivity index (χ2v) is 6.63. The van der Waals surface area contributed by atoms with Gasteiger partial charge in [-0.2, -0.15) is 0 Å². The fraction of sp³-hybridized carbons (Fsp3) is 0.412. The van der Waals surface area contributed by atoms with Gasteiger partial charge in [-0.15, -0.1) is 11.3 Å². The van der Waals surface area contributed by atoms with E-state index >= 15 is 0 Å². The van der Waals surface area contributed by atoms with Gasteiger partial charge in [-0.1, -0.05) is 37.1 Å². The summed E-state index contributed by atoms with van der Waals surface area (Å²) < 4.78 is 11.2. The SMILES string of the molecule is CCC[C@@H](c1cccc(Cl)c1)c1csc(C2OCCO2)c1.